The summed E-state index contributed by atoms with van der Waals surface area (Å²) < 4.78 is 10.4. The van der Waals surface area contributed by atoms with Crippen molar-refractivity contribution >= 4 is 23.6 Å². The lowest BCUT2D eigenvalue weighted by molar-refractivity contribution is -0.116. The van der Waals surface area contributed by atoms with Gasteiger partial charge in [-0.05, 0) is 48.5 Å². The van der Waals surface area contributed by atoms with Crippen molar-refractivity contribution in [1.82, 2.24) is 20.5 Å². The van der Waals surface area contributed by atoms with E-state index in [0.717, 1.165) is 11.3 Å². The molecule has 3 rings (SSSR count). The normalized spacial score (nSPS) is 10.8. The van der Waals surface area contributed by atoms with E-state index in [1.54, 1.807) is 38.5 Å². The van der Waals surface area contributed by atoms with Crippen LogP contribution in [0.4, 0.5) is 0 Å². The molecule has 1 heterocycles. The van der Waals surface area contributed by atoms with Crippen molar-refractivity contribution in [3.63, 3.8) is 0 Å². The van der Waals surface area contributed by atoms with E-state index in [4.69, 9.17) is 21.1 Å². The Morgan fingerprint density at radius 3 is 2.68 bits per heavy atom. The van der Waals surface area contributed by atoms with Crippen molar-refractivity contribution in [3.8, 4) is 22.9 Å². The molecule has 8 heteroatoms. The standard InChI is InChI=1S/C20H19ClN4O3/c1-27-16-7-3-13(4-8-16)20-23-18(24-25-20)12-22-19(26)10-5-14-11-15(21)6-9-17(14)28-2/h3-11H,12H2,1-2H3,(H,22,26)(H,23,24,25)/b10-5+. The van der Waals surface area contributed by atoms with Gasteiger partial charge in [0.1, 0.15) is 17.3 Å². The highest BCUT2D eigenvalue weighted by atomic mass is 35.5. The first-order valence-electron chi connectivity index (χ1n) is 8.44. The molecule has 0 aliphatic rings. The van der Waals surface area contributed by atoms with Gasteiger partial charge in [-0.15, -0.1) is 0 Å². The molecular formula is C20H19ClN4O3. The smallest absolute Gasteiger partial charge is 0.244 e. The van der Waals surface area contributed by atoms with Gasteiger partial charge in [0, 0.05) is 22.2 Å². The fraction of sp³-hybridized carbons (Fsp3) is 0.150. The number of rotatable bonds is 7. The van der Waals surface area contributed by atoms with Crippen LogP contribution in [0.2, 0.25) is 5.02 Å². The molecule has 2 N–H and O–H groups in total. The number of hydrogen-bond acceptors (Lipinski definition) is 5. The number of amides is 1. The Morgan fingerprint density at radius 1 is 1.18 bits per heavy atom. The number of aromatic nitrogens is 3. The van der Waals surface area contributed by atoms with E-state index in [1.807, 2.05) is 24.3 Å². The lowest BCUT2D eigenvalue weighted by atomic mass is 10.2. The van der Waals surface area contributed by atoms with Crippen LogP contribution >= 0.6 is 11.6 Å². The fourth-order valence-corrected chi connectivity index (χ4v) is 2.65. The number of aromatic amines is 1. The highest BCUT2D eigenvalue weighted by molar-refractivity contribution is 6.30. The maximum Gasteiger partial charge on any atom is 0.244 e. The van der Waals surface area contributed by atoms with Gasteiger partial charge in [-0.1, -0.05) is 11.6 Å². The van der Waals surface area contributed by atoms with Crippen LogP contribution in [0.5, 0.6) is 11.5 Å². The van der Waals surface area contributed by atoms with E-state index in [2.05, 4.69) is 20.5 Å². The number of H-pyrrole nitrogens is 1. The molecule has 0 atom stereocenters. The zero-order chi connectivity index (χ0) is 19.9. The molecule has 0 saturated carbocycles. The van der Waals surface area contributed by atoms with Gasteiger partial charge >= 0.3 is 0 Å². The first-order valence-corrected chi connectivity index (χ1v) is 8.82. The fourth-order valence-electron chi connectivity index (χ4n) is 2.47. The Labute approximate surface area is 167 Å². The molecule has 1 aromatic heterocycles. The minimum Gasteiger partial charge on any atom is -0.497 e. The molecule has 0 radical (unpaired) electrons. The van der Waals surface area contributed by atoms with Crippen LogP contribution in [-0.2, 0) is 11.3 Å². The molecular weight excluding hydrogens is 380 g/mol. The Kier molecular flexibility index (Phi) is 6.29. The first-order chi connectivity index (χ1) is 13.6. The summed E-state index contributed by atoms with van der Waals surface area (Å²) in [6.07, 6.45) is 3.05. The van der Waals surface area contributed by atoms with Gasteiger partial charge in [0.2, 0.25) is 5.91 Å². The number of ether oxygens (including phenoxy) is 2. The molecule has 0 unspecified atom stereocenters. The second kappa shape index (κ2) is 9.05. The Balaban J connectivity index is 1.59. The summed E-state index contributed by atoms with van der Waals surface area (Å²) in [4.78, 5) is 16.5. The Bertz CT molecular complexity index is 983. The number of hydrogen-bond donors (Lipinski definition) is 2. The number of nitrogens with zero attached hydrogens (tertiary/aromatic N) is 2. The average Bonchev–Trinajstić information content (AvgIpc) is 3.20. The topological polar surface area (TPSA) is 89.1 Å². The number of benzene rings is 2. The van der Waals surface area contributed by atoms with Gasteiger partial charge in [-0.25, -0.2) is 4.98 Å². The lowest BCUT2D eigenvalue weighted by Crippen LogP contribution is -2.20. The second-order valence-electron chi connectivity index (χ2n) is 5.77. The molecule has 28 heavy (non-hydrogen) atoms. The lowest BCUT2D eigenvalue weighted by Gasteiger charge is -2.04. The van der Waals surface area contributed by atoms with Gasteiger partial charge in [0.25, 0.3) is 0 Å². The Hall–Kier alpha value is -3.32. The van der Waals surface area contributed by atoms with Crippen LogP contribution < -0.4 is 14.8 Å². The molecule has 0 bridgehead atoms. The van der Waals surface area contributed by atoms with Crippen LogP contribution in [-0.4, -0.2) is 35.3 Å². The van der Waals surface area contributed by atoms with E-state index in [-0.39, 0.29) is 12.5 Å². The van der Waals surface area contributed by atoms with Crippen molar-refractivity contribution in [3.05, 3.63) is 65.0 Å². The predicted octanol–water partition coefficient (Wildman–Crippen LogP) is 3.47. The number of nitrogens with one attached hydrogen (secondary N) is 2. The second-order valence-corrected chi connectivity index (χ2v) is 6.21. The highest BCUT2D eigenvalue weighted by Gasteiger charge is 2.07. The first kappa shape index (κ1) is 19.4. The molecule has 0 saturated heterocycles. The van der Waals surface area contributed by atoms with Crippen molar-refractivity contribution in [1.29, 1.82) is 0 Å². The molecule has 3 aromatic rings. The summed E-state index contributed by atoms with van der Waals surface area (Å²) in [5, 5.41) is 10.3. The molecule has 144 valence electrons. The van der Waals surface area contributed by atoms with Crippen molar-refractivity contribution in [2.75, 3.05) is 14.2 Å². The van der Waals surface area contributed by atoms with E-state index in [1.165, 1.54) is 6.08 Å². The number of halogens is 1. The third kappa shape index (κ3) is 4.89. The van der Waals surface area contributed by atoms with Crippen LogP contribution in [0, 0.1) is 0 Å². The SMILES string of the molecule is COc1ccc(-c2n[nH]c(CNC(=O)/C=C/c3cc(Cl)ccc3OC)n2)cc1. The third-order valence-corrected chi connectivity index (χ3v) is 4.15. The number of carbonyl (C=O) groups is 1. The van der Waals surface area contributed by atoms with Gasteiger partial charge in [0.15, 0.2) is 5.82 Å². The minimum atomic E-state index is -0.274. The molecule has 0 spiro atoms. The quantitative estimate of drug-likeness (QED) is 0.595. The van der Waals surface area contributed by atoms with Crippen LogP contribution in [0.3, 0.4) is 0 Å². The zero-order valence-electron chi connectivity index (χ0n) is 15.4. The summed E-state index contributed by atoms with van der Waals surface area (Å²) in [7, 11) is 3.17. The van der Waals surface area contributed by atoms with Crippen LogP contribution in [0.15, 0.2) is 48.5 Å². The molecule has 0 fully saturated rings. The van der Waals surface area contributed by atoms with Crippen LogP contribution in [0.1, 0.15) is 11.4 Å². The summed E-state index contributed by atoms with van der Waals surface area (Å²) in [6, 6.07) is 12.6. The van der Waals surface area contributed by atoms with Crippen molar-refractivity contribution in [2.24, 2.45) is 0 Å². The average molecular weight is 399 g/mol. The number of carbonyl (C=O) groups excluding carboxylic acids is 1. The maximum absolute atomic E-state index is 12.1. The van der Waals surface area contributed by atoms with Gasteiger partial charge in [-0.2, -0.15) is 5.10 Å². The van der Waals surface area contributed by atoms with E-state index in [0.29, 0.717) is 28.0 Å². The zero-order valence-corrected chi connectivity index (χ0v) is 16.2. The third-order valence-electron chi connectivity index (χ3n) is 3.92. The summed E-state index contributed by atoms with van der Waals surface area (Å²) >= 11 is 5.98. The molecule has 1 amide bonds. The molecule has 7 nitrogen and oxygen atoms in total. The van der Waals surface area contributed by atoms with Crippen molar-refractivity contribution in [2.45, 2.75) is 6.54 Å². The van der Waals surface area contributed by atoms with Crippen LogP contribution in [0.25, 0.3) is 17.5 Å². The minimum absolute atomic E-state index is 0.221. The highest BCUT2D eigenvalue weighted by Crippen LogP contribution is 2.23. The van der Waals surface area contributed by atoms with E-state index >= 15 is 0 Å². The number of methoxy groups -OCH3 is 2. The van der Waals surface area contributed by atoms with E-state index in [9.17, 15) is 4.79 Å². The van der Waals surface area contributed by atoms with E-state index < -0.39 is 0 Å². The Morgan fingerprint density at radius 2 is 1.96 bits per heavy atom. The van der Waals surface area contributed by atoms with Gasteiger partial charge in [-0.3, -0.25) is 9.89 Å². The largest absolute Gasteiger partial charge is 0.497 e. The van der Waals surface area contributed by atoms with Gasteiger partial charge < -0.3 is 14.8 Å². The summed E-state index contributed by atoms with van der Waals surface area (Å²) in [5.74, 6) is 2.21. The molecule has 0 aliphatic heterocycles. The van der Waals surface area contributed by atoms with Crippen molar-refractivity contribution < 1.29 is 14.3 Å². The summed E-state index contributed by atoms with van der Waals surface area (Å²) in [5.41, 5.74) is 1.56. The maximum atomic E-state index is 12.1. The monoisotopic (exact) mass is 398 g/mol. The predicted molar refractivity (Wildman–Crippen MR) is 107 cm³/mol. The summed E-state index contributed by atoms with van der Waals surface area (Å²) in [6.45, 7) is 0.221. The molecule has 0 aliphatic carbocycles. The van der Waals surface area contributed by atoms with Gasteiger partial charge in [0.05, 0.1) is 20.8 Å². The molecule has 2 aromatic carbocycles.